The molecular weight excluding hydrogens is 260 g/mol. The Balaban J connectivity index is 2.00. The van der Waals surface area contributed by atoms with Gasteiger partial charge in [0.25, 0.3) is 5.69 Å². The fourth-order valence-corrected chi connectivity index (χ4v) is 2.71. The summed E-state index contributed by atoms with van der Waals surface area (Å²) in [6.07, 6.45) is 2.74. The zero-order chi connectivity index (χ0) is 14.5. The van der Waals surface area contributed by atoms with Crippen LogP contribution in [0.5, 0.6) is 0 Å². The number of nitro benzene ring substituents is 1. The van der Waals surface area contributed by atoms with Crippen LogP contribution >= 0.6 is 0 Å². The third kappa shape index (κ3) is 3.33. The number of hydrogen-bond acceptors (Lipinski definition) is 4. The van der Waals surface area contributed by atoms with Crippen LogP contribution in [-0.4, -0.2) is 28.6 Å². The van der Waals surface area contributed by atoms with Gasteiger partial charge in [-0.15, -0.1) is 0 Å². The topological polar surface area (TPSA) is 92.5 Å². The number of aliphatic hydroxyl groups is 1. The van der Waals surface area contributed by atoms with Crippen LogP contribution in [0.2, 0.25) is 0 Å². The van der Waals surface area contributed by atoms with Gasteiger partial charge in [-0.25, -0.2) is 0 Å². The Morgan fingerprint density at radius 3 is 2.85 bits per heavy atom. The molecule has 6 nitrogen and oxygen atoms in total. The smallest absolute Gasteiger partial charge is 0.273 e. The van der Waals surface area contributed by atoms with Crippen LogP contribution in [0.4, 0.5) is 5.69 Å². The van der Waals surface area contributed by atoms with E-state index in [-0.39, 0.29) is 36.6 Å². The van der Waals surface area contributed by atoms with E-state index in [1.165, 1.54) is 6.07 Å². The van der Waals surface area contributed by atoms with Gasteiger partial charge in [0, 0.05) is 30.2 Å². The van der Waals surface area contributed by atoms with Gasteiger partial charge in [0.15, 0.2) is 0 Å². The van der Waals surface area contributed by atoms with Gasteiger partial charge in [0.1, 0.15) is 0 Å². The number of rotatable bonds is 5. The van der Waals surface area contributed by atoms with Crippen molar-refractivity contribution < 1.29 is 14.8 Å². The molecule has 0 aromatic heterocycles. The Morgan fingerprint density at radius 2 is 2.15 bits per heavy atom. The van der Waals surface area contributed by atoms with E-state index in [4.69, 9.17) is 0 Å². The van der Waals surface area contributed by atoms with Crippen LogP contribution in [0.1, 0.15) is 24.8 Å². The van der Waals surface area contributed by atoms with Gasteiger partial charge in [-0.2, -0.15) is 0 Å². The first-order valence-corrected chi connectivity index (χ1v) is 6.74. The molecule has 1 aromatic rings. The second-order valence-corrected chi connectivity index (χ2v) is 5.11. The number of amides is 1. The summed E-state index contributed by atoms with van der Waals surface area (Å²) in [5.41, 5.74) is 0.376. The van der Waals surface area contributed by atoms with E-state index in [1.807, 2.05) is 0 Å². The van der Waals surface area contributed by atoms with Crippen molar-refractivity contribution in [2.24, 2.45) is 5.92 Å². The standard InChI is InChI=1S/C14H18N2O4/c17-9-11-5-3-6-12(11)15-14(18)8-10-4-1-2-7-13(10)16(19)20/h1-2,4,7,11-12,17H,3,5-6,8-9H2,(H,15,18). The molecule has 20 heavy (non-hydrogen) atoms. The van der Waals surface area contributed by atoms with Crippen LogP contribution in [-0.2, 0) is 11.2 Å². The summed E-state index contributed by atoms with van der Waals surface area (Å²) >= 11 is 0. The quantitative estimate of drug-likeness (QED) is 0.629. The van der Waals surface area contributed by atoms with Gasteiger partial charge in [-0.1, -0.05) is 24.6 Å². The predicted molar refractivity (Wildman–Crippen MR) is 73.2 cm³/mol. The molecule has 0 spiro atoms. The maximum absolute atomic E-state index is 12.0. The van der Waals surface area contributed by atoms with Gasteiger partial charge in [-0.05, 0) is 12.8 Å². The highest BCUT2D eigenvalue weighted by Crippen LogP contribution is 2.25. The van der Waals surface area contributed by atoms with Gasteiger partial charge < -0.3 is 10.4 Å². The number of para-hydroxylation sites is 1. The molecule has 1 aliphatic rings. The molecule has 0 radical (unpaired) electrons. The molecule has 2 rings (SSSR count). The number of benzene rings is 1. The predicted octanol–water partition coefficient (Wildman–Crippen LogP) is 1.41. The first kappa shape index (κ1) is 14.5. The molecule has 0 bridgehead atoms. The lowest BCUT2D eigenvalue weighted by Gasteiger charge is -2.18. The zero-order valence-electron chi connectivity index (χ0n) is 11.1. The summed E-state index contributed by atoms with van der Waals surface area (Å²) in [4.78, 5) is 22.4. The molecule has 0 saturated heterocycles. The van der Waals surface area contributed by atoms with Crippen molar-refractivity contribution in [3.05, 3.63) is 39.9 Å². The largest absolute Gasteiger partial charge is 0.396 e. The van der Waals surface area contributed by atoms with Gasteiger partial charge in [-0.3, -0.25) is 14.9 Å². The molecule has 0 aliphatic heterocycles. The molecule has 1 saturated carbocycles. The summed E-state index contributed by atoms with van der Waals surface area (Å²) in [6, 6.07) is 6.24. The number of nitrogens with zero attached hydrogens (tertiary/aromatic N) is 1. The second kappa shape index (κ2) is 6.47. The number of hydrogen-bond donors (Lipinski definition) is 2. The van der Waals surface area contributed by atoms with Crippen molar-refractivity contribution in [1.29, 1.82) is 0 Å². The number of carbonyl (C=O) groups excluding carboxylic acids is 1. The monoisotopic (exact) mass is 278 g/mol. The maximum Gasteiger partial charge on any atom is 0.273 e. The minimum atomic E-state index is -0.477. The molecular formula is C14H18N2O4. The van der Waals surface area contributed by atoms with Crippen LogP contribution in [0, 0.1) is 16.0 Å². The molecule has 2 atom stereocenters. The summed E-state index contributed by atoms with van der Waals surface area (Å²) in [7, 11) is 0. The van der Waals surface area contributed by atoms with Gasteiger partial charge >= 0.3 is 0 Å². The Morgan fingerprint density at radius 1 is 1.40 bits per heavy atom. The highest BCUT2D eigenvalue weighted by atomic mass is 16.6. The Labute approximate surface area is 117 Å². The van der Waals surface area contributed by atoms with E-state index >= 15 is 0 Å². The molecule has 6 heteroatoms. The van der Waals surface area contributed by atoms with Crippen molar-refractivity contribution in [1.82, 2.24) is 5.32 Å². The Hall–Kier alpha value is -1.95. The van der Waals surface area contributed by atoms with E-state index in [9.17, 15) is 20.0 Å². The lowest BCUT2D eigenvalue weighted by Crippen LogP contribution is -2.39. The first-order chi connectivity index (χ1) is 9.61. The molecule has 1 amide bonds. The van der Waals surface area contributed by atoms with Gasteiger partial charge in [0.05, 0.1) is 11.3 Å². The number of carbonyl (C=O) groups is 1. The number of nitro groups is 1. The fourth-order valence-electron chi connectivity index (χ4n) is 2.71. The van der Waals surface area contributed by atoms with Gasteiger partial charge in [0.2, 0.25) is 5.91 Å². The van der Waals surface area contributed by atoms with Crippen molar-refractivity contribution in [2.75, 3.05) is 6.61 Å². The van der Waals surface area contributed by atoms with Crippen LogP contribution < -0.4 is 5.32 Å². The molecule has 2 unspecified atom stereocenters. The van der Waals surface area contributed by atoms with Crippen molar-refractivity contribution in [2.45, 2.75) is 31.7 Å². The third-order valence-corrected chi connectivity index (χ3v) is 3.78. The summed E-state index contributed by atoms with van der Waals surface area (Å²) in [5, 5.41) is 23.0. The van der Waals surface area contributed by atoms with Crippen LogP contribution in [0.15, 0.2) is 24.3 Å². The first-order valence-electron chi connectivity index (χ1n) is 6.74. The lowest BCUT2D eigenvalue weighted by atomic mass is 10.0. The average Bonchev–Trinajstić information content (AvgIpc) is 2.86. The third-order valence-electron chi connectivity index (χ3n) is 3.78. The van der Waals surface area contributed by atoms with Crippen molar-refractivity contribution in [3.63, 3.8) is 0 Å². The second-order valence-electron chi connectivity index (χ2n) is 5.11. The average molecular weight is 278 g/mol. The zero-order valence-corrected chi connectivity index (χ0v) is 11.1. The molecule has 1 aliphatic carbocycles. The highest BCUT2D eigenvalue weighted by molar-refractivity contribution is 5.80. The summed E-state index contributed by atoms with van der Waals surface area (Å²) < 4.78 is 0. The minimum Gasteiger partial charge on any atom is -0.396 e. The Kier molecular flexibility index (Phi) is 4.68. The van der Waals surface area contributed by atoms with E-state index in [0.29, 0.717) is 5.56 Å². The minimum absolute atomic E-state index is 0.00813. The molecule has 1 aromatic carbocycles. The van der Waals surface area contributed by atoms with E-state index < -0.39 is 4.92 Å². The van der Waals surface area contributed by atoms with Crippen LogP contribution in [0.25, 0.3) is 0 Å². The summed E-state index contributed by atoms with van der Waals surface area (Å²) in [5.74, 6) is -0.130. The van der Waals surface area contributed by atoms with Crippen LogP contribution in [0.3, 0.4) is 0 Å². The molecule has 1 fully saturated rings. The normalized spacial score (nSPS) is 21.6. The van der Waals surface area contributed by atoms with Crippen molar-refractivity contribution >= 4 is 11.6 Å². The lowest BCUT2D eigenvalue weighted by molar-refractivity contribution is -0.385. The maximum atomic E-state index is 12.0. The number of nitrogens with one attached hydrogen (secondary N) is 1. The van der Waals surface area contributed by atoms with E-state index in [1.54, 1.807) is 18.2 Å². The Bertz CT molecular complexity index is 504. The summed E-state index contributed by atoms with van der Waals surface area (Å²) in [6.45, 7) is 0.0659. The van der Waals surface area contributed by atoms with E-state index in [2.05, 4.69) is 5.32 Å². The number of aliphatic hydroxyl groups excluding tert-OH is 1. The van der Waals surface area contributed by atoms with Crippen molar-refractivity contribution in [3.8, 4) is 0 Å². The fraction of sp³-hybridized carbons (Fsp3) is 0.500. The highest BCUT2D eigenvalue weighted by Gasteiger charge is 2.28. The SMILES string of the molecule is O=C(Cc1ccccc1[N+](=O)[O-])NC1CCCC1CO. The molecule has 0 heterocycles. The molecule has 2 N–H and O–H groups in total. The molecule has 108 valence electrons. The van der Waals surface area contributed by atoms with E-state index in [0.717, 1.165) is 19.3 Å².